The molecule has 9 heteroatoms. The number of imide groups is 1. The molecule has 6 nitrogen and oxygen atoms in total. The van der Waals surface area contributed by atoms with Crippen LogP contribution in [0.2, 0.25) is 10.0 Å². The van der Waals surface area contributed by atoms with Gasteiger partial charge in [-0.2, -0.15) is 0 Å². The molecule has 2 aromatic rings. The van der Waals surface area contributed by atoms with Crippen LogP contribution in [0.3, 0.4) is 0 Å². The minimum atomic E-state index is -1.42. The van der Waals surface area contributed by atoms with Gasteiger partial charge in [-0.3, -0.25) is 14.5 Å². The molecule has 2 N–H and O–H groups in total. The monoisotopic (exact) mass is 465 g/mol. The maximum atomic E-state index is 13.2. The Kier molecular flexibility index (Phi) is 6.57. The number of halogens is 3. The van der Waals surface area contributed by atoms with Crippen LogP contribution in [-0.2, 0) is 15.1 Å². The Morgan fingerprint density at radius 1 is 1.16 bits per heavy atom. The van der Waals surface area contributed by atoms with Crippen LogP contribution in [0.25, 0.3) is 0 Å². The second kappa shape index (κ2) is 8.85. The summed E-state index contributed by atoms with van der Waals surface area (Å²) in [6, 6.07) is 9.32. The number of hydrogen-bond donors (Lipinski definition) is 2. The number of amides is 4. The fraction of sp³-hybridized carbons (Fsp3) is 0.318. The predicted molar refractivity (Wildman–Crippen MR) is 116 cm³/mol. The van der Waals surface area contributed by atoms with Gasteiger partial charge in [-0.15, -0.1) is 0 Å². The highest BCUT2D eigenvalue weighted by Crippen LogP contribution is 2.35. The molecule has 1 heterocycles. The van der Waals surface area contributed by atoms with E-state index in [1.165, 1.54) is 25.1 Å². The minimum Gasteiger partial charge on any atom is -0.347 e. The number of rotatable bonds is 6. The molecular formula is C22H22Cl2FN3O3. The van der Waals surface area contributed by atoms with E-state index in [1.807, 2.05) is 13.8 Å². The number of nitrogens with one attached hydrogen (secondary N) is 2. The van der Waals surface area contributed by atoms with Gasteiger partial charge in [-0.25, -0.2) is 9.18 Å². The summed E-state index contributed by atoms with van der Waals surface area (Å²) in [6.07, 6.45) is 0. The molecule has 2 atom stereocenters. The molecule has 0 radical (unpaired) electrons. The second-order valence-electron chi connectivity index (χ2n) is 7.91. The Bertz CT molecular complexity index is 1030. The first-order chi connectivity index (χ1) is 14.5. The van der Waals surface area contributed by atoms with Crippen molar-refractivity contribution in [3.63, 3.8) is 0 Å². The molecule has 4 amide bonds. The van der Waals surface area contributed by atoms with E-state index < -0.39 is 36.0 Å². The number of carbonyl (C=O) groups excluding carboxylic acids is 3. The zero-order valence-corrected chi connectivity index (χ0v) is 18.7. The highest BCUT2D eigenvalue weighted by atomic mass is 35.5. The van der Waals surface area contributed by atoms with Gasteiger partial charge in [0.15, 0.2) is 0 Å². The van der Waals surface area contributed by atoms with E-state index in [1.54, 1.807) is 24.3 Å². The third-order valence-electron chi connectivity index (χ3n) is 5.26. The van der Waals surface area contributed by atoms with Gasteiger partial charge in [0.25, 0.3) is 5.91 Å². The number of hydrogen-bond acceptors (Lipinski definition) is 3. The molecular weight excluding hydrogens is 444 g/mol. The molecule has 1 saturated heterocycles. The summed E-state index contributed by atoms with van der Waals surface area (Å²) in [5.41, 5.74) is -0.320. The molecule has 0 saturated carbocycles. The van der Waals surface area contributed by atoms with Gasteiger partial charge in [0.2, 0.25) is 5.91 Å². The molecule has 2 aromatic carbocycles. The Hall–Kier alpha value is -2.64. The van der Waals surface area contributed by atoms with E-state index in [0.717, 1.165) is 10.5 Å². The van der Waals surface area contributed by atoms with Crippen molar-refractivity contribution < 1.29 is 18.8 Å². The number of carbonyl (C=O) groups is 3. The topological polar surface area (TPSA) is 78.5 Å². The molecule has 31 heavy (non-hydrogen) atoms. The first kappa shape index (κ1) is 23.0. The van der Waals surface area contributed by atoms with Gasteiger partial charge < -0.3 is 10.6 Å². The summed E-state index contributed by atoms with van der Waals surface area (Å²) in [6.45, 7) is 4.87. The molecule has 0 aromatic heterocycles. The maximum Gasteiger partial charge on any atom is 0.325 e. The zero-order chi connectivity index (χ0) is 22.9. The normalized spacial score (nSPS) is 19.5. The van der Waals surface area contributed by atoms with Crippen molar-refractivity contribution in [1.82, 2.24) is 15.5 Å². The highest BCUT2D eigenvalue weighted by molar-refractivity contribution is 6.35. The van der Waals surface area contributed by atoms with Crippen molar-refractivity contribution >= 4 is 41.0 Å². The highest BCUT2D eigenvalue weighted by Gasteiger charge is 2.50. The van der Waals surface area contributed by atoms with Crippen molar-refractivity contribution in [3.8, 4) is 0 Å². The number of benzene rings is 2. The fourth-order valence-corrected chi connectivity index (χ4v) is 4.18. The van der Waals surface area contributed by atoms with Crippen molar-refractivity contribution in [1.29, 1.82) is 0 Å². The van der Waals surface area contributed by atoms with Crippen molar-refractivity contribution in [2.45, 2.75) is 32.4 Å². The van der Waals surface area contributed by atoms with Crippen molar-refractivity contribution in [2.75, 3.05) is 6.54 Å². The summed E-state index contributed by atoms with van der Waals surface area (Å²) in [4.78, 5) is 39.1. The van der Waals surface area contributed by atoms with Gasteiger partial charge in [0.1, 0.15) is 17.9 Å². The molecule has 1 aliphatic rings. The van der Waals surface area contributed by atoms with Gasteiger partial charge in [-0.1, -0.05) is 55.2 Å². The lowest BCUT2D eigenvalue weighted by molar-refractivity contribution is -0.135. The third kappa shape index (κ3) is 4.67. The molecule has 1 fully saturated rings. The smallest absolute Gasteiger partial charge is 0.325 e. The first-order valence-electron chi connectivity index (χ1n) is 9.67. The van der Waals surface area contributed by atoms with Crippen LogP contribution >= 0.6 is 23.2 Å². The quantitative estimate of drug-likeness (QED) is 0.619. The van der Waals surface area contributed by atoms with E-state index in [-0.39, 0.29) is 16.8 Å². The average molecular weight is 466 g/mol. The molecule has 3 rings (SSSR count). The van der Waals surface area contributed by atoms with Crippen molar-refractivity contribution in [3.05, 3.63) is 69.5 Å². The van der Waals surface area contributed by atoms with Gasteiger partial charge >= 0.3 is 6.03 Å². The summed E-state index contributed by atoms with van der Waals surface area (Å²) in [5.74, 6) is -1.49. The number of nitrogens with zero attached hydrogens (tertiary/aromatic N) is 1. The lowest BCUT2D eigenvalue weighted by Gasteiger charge is -2.25. The first-order valence-corrected chi connectivity index (χ1v) is 10.4. The summed E-state index contributed by atoms with van der Waals surface area (Å²) >= 11 is 12.2. The lowest BCUT2D eigenvalue weighted by atomic mass is 9.92. The van der Waals surface area contributed by atoms with E-state index in [9.17, 15) is 18.8 Å². The Labute approximate surface area is 189 Å². The van der Waals surface area contributed by atoms with Crippen LogP contribution in [0.4, 0.5) is 9.18 Å². The summed E-state index contributed by atoms with van der Waals surface area (Å²) in [5, 5.41) is 6.06. The van der Waals surface area contributed by atoms with Crippen LogP contribution in [0, 0.1) is 11.7 Å². The molecule has 0 bridgehead atoms. The van der Waals surface area contributed by atoms with E-state index in [4.69, 9.17) is 23.2 Å². The van der Waals surface area contributed by atoms with Crippen LogP contribution in [-0.4, -0.2) is 29.3 Å². The van der Waals surface area contributed by atoms with Crippen molar-refractivity contribution in [2.24, 2.45) is 5.92 Å². The summed E-state index contributed by atoms with van der Waals surface area (Å²) < 4.78 is 13.2. The fourth-order valence-electron chi connectivity index (χ4n) is 3.59. The van der Waals surface area contributed by atoms with Gasteiger partial charge in [-0.05, 0) is 42.7 Å². The summed E-state index contributed by atoms with van der Waals surface area (Å²) in [7, 11) is 0. The number of urea groups is 1. The zero-order valence-electron chi connectivity index (χ0n) is 17.2. The standard InChI is InChI=1S/C22H22Cl2FN3O3/c1-12(2)19(13-4-7-15(25)8-5-13)26-18(29)11-28-20(30)22(3,27-21(28)31)16-9-6-14(23)10-17(16)24/h4-10,12,19H,11H2,1-3H3,(H,26,29)(H,27,31). The molecule has 164 valence electrons. The predicted octanol–water partition coefficient (Wildman–Crippen LogP) is 4.41. The lowest BCUT2D eigenvalue weighted by Crippen LogP contribution is -2.44. The van der Waals surface area contributed by atoms with E-state index in [2.05, 4.69) is 10.6 Å². The third-order valence-corrected chi connectivity index (χ3v) is 5.81. The van der Waals surface area contributed by atoms with Crippen LogP contribution in [0.15, 0.2) is 42.5 Å². The maximum absolute atomic E-state index is 13.2. The molecule has 0 spiro atoms. The molecule has 0 aliphatic carbocycles. The largest absolute Gasteiger partial charge is 0.347 e. The Balaban J connectivity index is 1.77. The van der Waals surface area contributed by atoms with Crippen LogP contribution < -0.4 is 10.6 Å². The Morgan fingerprint density at radius 3 is 2.39 bits per heavy atom. The Morgan fingerprint density at radius 2 is 1.81 bits per heavy atom. The van der Waals surface area contributed by atoms with E-state index in [0.29, 0.717) is 10.6 Å². The second-order valence-corrected chi connectivity index (χ2v) is 8.76. The molecule has 2 unspecified atom stereocenters. The van der Waals surface area contributed by atoms with Gasteiger partial charge in [0.05, 0.1) is 6.04 Å². The van der Waals surface area contributed by atoms with Crippen LogP contribution in [0.1, 0.15) is 37.9 Å². The van der Waals surface area contributed by atoms with Crippen LogP contribution in [0.5, 0.6) is 0 Å². The van der Waals surface area contributed by atoms with E-state index >= 15 is 0 Å². The average Bonchev–Trinajstić information content (AvgIpc) is 2.90. The SMILES string of the molecule is CC(C)C(NC(=O)CN1C(=O)NC(C)(c2ccc(Cl)cc2Cl)C1=O)c1ccc(F)cc1. The minimum absolute atomic E-state index is 0.00402. The van der Waals surface area contributed by atoms with Gasteiger partial charge in [0, 0.05) is 15.6 Å². The molecule has 1 aliphatic heterocycles.